The fraction of sp³-hybridized carbons (Fsp3) is 0.0667. The summed E-state index contributed by atoms with van der Waals surface area (Å²) in [4.78, 5) is 9.69. The lowest BCUT2D eigenvalue weighted by molar-refractivity contribution is 0.0705. The molecule has 1 aromatic heterocycles. The standard InChI is InChI=1S/C15H10F7N5O2S/c16-12-5-9(15(28)25-29)6-13(17)11(12)7-27-24-14(23-26-27)8-2-1-3-10(4-8)30(18,19,20,21)22/h1-6,29H,7H2,(H,25,28). The molecular weight excluding hydrogens is 447 g/mol. The van der Waals surface area contributed by atoms with Gasteiger partial charge in [-0.25, -0.2) is 14.3 Å². The maximum Gasteiger partial charge on any atom is 0.310 e. The first-order valence-corrected chi connectivity index (χ1v) is 9.68. The third kappa shape index (κ3) is 4.51. The van der Waals surface area contributed by atoms with Crippen LogP contribution >= 0.6 is 10.2 Å². The largest absolute Gasteiger partial charge is 0.310 e. The third-order valence-electron chi connectivity index (χ3n) is 3.79. The normalized spacial score (nSPS) is 14.1. The molecule has 0 aliphatic carbocycles. The van der Waals surface area contributed by atoms with Crippen LogP contribution in [-0.2, 0) is 6.54 Å². The van der Waals surface area contributed by atoms with E-state index in [-0.39, 0.29) is 12.1 Å². The fourth-order valence-corrected chi connectivity index (χ4v) is 3.08. The van der Waals surface area contributed by atoms with Gasteiger partial charge >= 0.3 is 10.2 Å². The lowest BCUT2D eigenvalue weighted by Crippen LogP contribution is -2.19. The van der Waals surface area contributed by atoms with Crippen LogP contribution in [-0.4, -0.2) is 31.3 Å². The second-order valence-corrected chi connectivity index (χ2v) is 8.41. The lowest BCUT2D eigenvalue weighted by atomic mass is 10.1. The number of carbonyl (C=O) groups excluding carboxylic acids is 1. The zero-order valence-corrected chi connectivity index (χ0v) is 15.2. The van der Waals surface area contributed by atoms with E-state index < -0.39 is 61.7 Å². The number of carbonyl (C=O) groups is 1. The third-order valence-corrected chi connectivity index (χ3v) is 4.94. The number of hydroxylamine groups is 1. The number of hydrogen-bond donors (Lipinski definition) is 2. The Balaban J connectivity index is 1.91. The molecule has 30 heavy (non-hydrogen) atoms. The van der Waals surface area contributed by atoms with Gasteiger partial charge in [0.25, 0.3) is 5.91 Å². The van der Waals surface area contributed by atoms with Crippen LogP contribution in [0.1, 0.15) is 15.9 Å². The number of benzene rings is 2. The number of tetrazole rings is 1. The number of aromatic nitrogens is 4. The molecule has 3 aromatic rings. The summed E-state index contributed by atoms with van der Waals surface area (Å²) in [5.41, 5.74) is -0.372. The molecule has 1 heterocycles. The summed E-state index contributed by atoms with van der Waals surface area (Å²) in [5, 5.41) is 19.0. The number of nitrogens with zero attached hydrogens (tertiary/aromatic N) is 4. The summed E-state index contributed by atoms with van der Waals surface area (Å²) < 4.78 is 92.9. The second kappa shape index (κ2) is 6.40. The van der Waals surface area contributed by atoms with Crippen molar-refractivity contribution in [2.45, 2.75) is 11.4 Å². The smallest absolute Gasteiger partial charge is 0.288 e. The highest BCUT2D eigenvalue weighted by atomic mass is 32.5. The Morgan fingerprint density at radius 3 is 2.27 bits per heavy atom. The van der Waals surface area contributed by atoms with Crippen LogP contribution in [0.5, 0.6) is 0 Å². The molecule has 0 unspecified atom stereocenters. The summed E-state index contributed by atoms with van der Waals surface area (Å²) in [7, 11) is -9.93. The van der Waals surface area contributed by atoms with Gasteiger partial charge in [-0.05, 0) is 29.5 Å². The molecule has 162 valence electrons. The van der Waals surface area contributed by atoms with Crippen molar-refractivity contribution in [1.29, 1.82) is 0 Å². The van der Waals surface area contributed by atoms with E-state index in [9.17, 15) is 33.0 Å². The van der Waals surface area contributed by atoms with Crippen LogP contribution in [0.15, 0.2) is 41.3 Å². The van der Waals surface area contributed by atoms with Gasteiger partial charge in [-0.2, -0.15) is 4.80 Å². The molecule has 0 fully saturated rings. The lowest BCUT2D eigenvalue weighted by Gasteiger charge is -2.40. The van der Waals surface area contributed by atoms with Gasteiger partial charge < -0.3 is 0 Å². The zero-order chi connectivity index (χ0) is 22.4. The Morgan fingerprint density at radius 2 is 1.70 bits per heavy atom. The molecular formula is C15H10F7N5O2S. The first kappa shape index (κ1) is 21.5. The predicted molar refractivity (Wildman–Crippen MR) is 89.4 cm³/mol. The highest BCUT2D eigenvalue weighted by Crippen LogP contribution is 3.02. The summed E-state index contributed by atoms with van der Waals surface area (Å²) in [6.45, 7) is -0.674. The van der Waals surface area contributed by atoms with Gasteiger partial charge in [-0.15, -0.1) is 10.2 Å². The molecule has 0 aliphatic heterocycles. The van der Waals surface area contributed by atoms with E-state index >= 15 is 0 Å². The van der Waals surface area contributed by atoms with Crippen molar-refractivity contribution < 1.29 is 38.2 Å². The first-order valence-electron chi connectivity index (χ1n) is 7.72. The average Bonchev–Trinajstić information content (AvgIpc) is 3.11. The SMILES string of the molecule is O=C(NO)c1cc(F)c(Cn2nnc(-c3cccc(S(F)(F)(F)(F)F)c3)n2)c(F)c1. The number of amides is 1. The highest BCUT2D eigenvalue weighted by molar-refractivity contribution is 8.45. The minimum absolute atomic E-state index is 0.145. The van der Waals surface area contributed by atoms with Gasteiger partial charge in [0.15, 0.2) is 0 Å². The van der Waals surface area contributed by atoms with E-state index in [2.05, 4.69) is 15.4 Å². The maximum atomic E-state index is 14.1. The van der Waals surface area contributed by atoms with Crippen molar-refractivity contribution in [3.63, 3.8) is 0 Å². The molecule has 7 nitrogen and oxygen atoms in total. The molecule has 0 aliphatic rings. The van der Waals surface area contributed by atoms with Crippen LogP contribution < -0.4 is 5.48 Å². The molecule has 2 aromatic carbocycles. The molecule has 0 bridgehead atoms. The van der Waals surface area contributed by atoms with Crippen molar-refractivity contribution in [2.24, 2.45) is 0 Å². The van der Waals surface area contributed by atoms with Crippen LogP contribution in [0.25, 0.3) is 11.4 Å². The Kier molecular flexibility index (Phi) is 4.59. The molecule has 3 rings (SSSR count). The van der Waals surface area contributed by atoms with E-state index in [1.165, 1.54) is 5.48 Å². The highest BCUT2D eigenvalue weighted by Gasteiger charge is 2.65. The average molecular weight is 457 g/mol. The summed E-state index contributed by atoms with van der Waals surface area (Å²) in [6.07, 6.45) is 0. The number of halogens is 7. The molecule has 0 radical (unpaired) electrons. The Bertz CT molecular complexity index is 1130. The Labute approximate surface area is 162 Å². The van der Waals surface area contributed by atoms with Crippen LogP contribution in [0.3, 0.4) is 0 Å². The second-order valence-electron chi connectivity index (χ2n) is 6.00. The van der Waals surface area contributed by atoms with Gasteiger partial charge in [0.1, 0.15) is 16.5 Å². The first-order chi connectivity index (χ1) is 13.7. The molecule has 0 atom stereocenters. The number of nitrogens with one attached hydrogen (secondary N) is 1. The van der Waals surface area contributed by atoms with Gasteiger partial charge in [0, 0.05) is 16.7 Å². The van der Waals surface area contributed by atoms with E-state index in [1.54, 1.807) is 0 Å². The molecule has 0 spiro atoms. The maximum absolute atomic E-state index is 14.1. The van der Waals surface area contributed by atoms with E-state index in [0.717, 1.165) is 12.1 Å². The predicted octanol–water partition coefficient (Wildman–Crippen LogP) is 4.44. The van der Waals surface area contributed by atoms with E-state index in [0.29, 0.717) is 16.9 Å². The number of rotatable bonds is 5. The quantitative estimate of drug-likeness (QED) is 0.336. The summed E-state index contributed by atoms with van der Waals surface area (Å²) in [5.74, 6) is -4.05. The minimum atomic E-state index is -9.93. The molecule has 0 saturated heterocycles. The number of hydrogen-bond acceptors (Lipinski definition) is 5. The monoisotopic (exact) mass is 457 g/mol. The van der Waals surface area contributed by atoms with Crippen LogP contribution in [0.4, 0.5) is 28.2 Å². The molecule has 1 amide bonds. The van der Waals surface area contributed by atoms with E-state index in [4.69, 9.17) is 5.21 Å². The van der Waals surface area contributed by atoms with Crippen LogP contribution in [0, 0.1) is 11.6 Å². The van der Waals surface area contributed by atoms with Crippen molar-refractivity contribution in [1.82, 2.24) is 25.7 Å². The molecule has 15 heteroatoms. The van der Waals surface area contributed by atoms with E-state index in [1.807, 2.05) is 0 Å². The molecule has 2 N–H and O–H groups in total. The van der Waals surface area contributed by atoms with Crippen molar-refractivity contribution in [2.75, 3.05) is 0 Å². The Hall–Kier alpha value is -3.20. The van der Waals surface area contributed by atoms with Crippen molar-refractivity contribution in [3.8, 4) is 11.4 Å². The van der Waals surface area contributed by atoms with Crippen molar-refractivity contribution >= 4 is 16.1 Å². The van der Waals surface area contributed by atoms with Crippen molar-refractivity contribution in [3.05, 3.63) is 59.2 Å². The summed E-state index contributed by atoms with van der Waals surface area (Å²) >= 11 is 0. The van der Waals surface area contributed by atoms with Gasteiger partial charge in [0.2, 0.25) is 5.82 Å². The van der Waals surface area contributed by atoms with Gasteiger partial charge in [0.05, 0.1) is 6.54 Å². The van der Waals surface area contributed by atoms with Gasteiger partial charge in [-0.1, -0.05) is 31.6 Å². The Morgan fingerprint density at radius 1 is 1.07 bits per heavy atom. The topological polar surface area (TPSA) is 92.9 Å². The molecule has 0 saturated carbocycles. The fourth-order valence-electron chi connectivity index (χ4n) is 2.39. The zero-order valence-electron chi connectivity index (χ0n) is 14.4. The van der Waals surface area contributed by atoms with Gasteiger partial charge in [-0.3, -0.25) is 10.0 Å². The van der Waals surface area contributed by atoms with Crippen LogP contribution in [0.2, 0.25) is 0 Å². The summed E-state index contributed by atoms with van der Waals surface area (Å²) in [6, 6.07) is 3.35. The minimum Gasteiger partial charge on any atom is -0.288 e.